The minimum atomic E-state index is -0.228. The fourth-order valence-electron chi connectivity index (χ4n) is 2.50. The van der Waals surface area contributed by atoms with Gasteiger partial charge < -0.3 is 14.1 Å². The molecule has 0 radical (unpaired) electrons. The minimum absolute atomic E-state index is 0.228. The number of aromatic nitrogens is 1. The van der Waals surface area contributed by atoms with E-state index in [0.717, 1.165) is 30.9 Å². The molecule has 0 saturated carbocycles. The Bertz CT molecular complexity index is 552. The van der Waals surface area contributed by atoms with Crippen LogP contribution in [0.1, 0.15) is 55.9 Å². The highest BCUT2D eigenvalue weighted by molar-refractivity contribution is 5.22. The summed E-state index contributed by atoms with van der Waals surface area (Å²) in [6.45, 7) is 3.68. The standard InChI is InChI=1S/C19H28N2O2/c1-4-5-6-10-13-22-18(16-11-8-7-9-12-16)19-20-14-17(23-19)15-21(2)3/h7-9,11-12,14,18H,4-6,10,13,15H2,1-3H3. The number of unbranched alkanes of at least 4 members (excludes halogenated alkanes) is 3. The van der Waals surface area contributed by atoms with Crippen molar-refractivity contribution >= 4 is 0 Å². The van der Waals surface area contributed by atoms with Gasteiger partial charge in [-0.3, -0.25) is 0 Å². The molecule has 1 aromatic heterocycles. The van der Waals surface area contributed by atoms with Crippen LogP contribution in [0.2, 0.25) is 0 Å². The number of hydrogen-bond acceptors (Lipinski definition) is 4. The highest BCUT2D eigenvalue weighted by atomic mass is 16.5. The van der Waals surface area contributed by atoms with Gasteiger partial charge in [0.05, 0.1) is 12.7 Å². The lowest BCUT2D eigenvalue weighted by atomic mass is 10.1. The molecular weight excluding hydrogens is 288 g/mol. The van der Waals surface area contributed by atoms with E-state index >= 15 is 0 Å². The molecule has 0 spiro atoms. The van der Waals surface area contributed by atoms with Crippen molar-refractivity contribution in [3.8, 4) is 0 Å². The zero-order valence-corrected chi connectivity index (χ0v) is 14.5. The van der Waals surface area contributed by atoms with Crippen LogP contribution in [0.15, 0.2) is 40.9 Å². The molecule has 4 heteroatoms. The fourth-order valence-corrected chi connectivity index (χ4v) is 2.50. The number of hydrogen-bond donors (Lipinski definition) is 0. The Kier molecular flexibility index (Phi) is 7.30. The molecule has 23 heavy (non-hydrogen) atoms. The van der Waals surface area contributed by atoms with Gasteiger partial charge >= 0.3 is 0 Å². The van der Waals surface area contributed by atoms with Crippen molar-refractivity contribution in [1.29, 1.82) is 0 Å². The number of nitrogens with zero attached hydrogens (tertiary/aromatic N) is 2. The summed E-state index contributed by atoms with van der Waals surface area (Å²) in [5.41, 5.74) is 1.08. The Morgan fingerprint density at radius 2 is 1.91 bits per heavy atom. The number of rotatable bonds is 10. The molecule has 1 atom stereocenters. The van der Waals surface area contributed by atoms with Crippen molar-refractivity contribution in [3.63, 3.8) is 0 Å². The molecule has 0 aliphatic rings. The summed E-state index contributed by atoms with van der Waals surface area (Å²) in [6.07, 6.45) is 6.33. The Balaban J connectivity index is 2.05. The van der Waals surface area contributed by atoms with Crippen LogP contribution in [0.5, 0.6) is 0 Å². The van der Waals surface area contributed by atoms with Gasteiger partial charge in [0.15, 0.2) is 6.10 Å². The molecule has 1 aromatic carbocycles. The maximum atomic E-state index is 6.11. The first-order chi connectivity index (χ1) is 11.2. The van der Waals surface area contributed by atoms with Gasteiger partial charge in [0.2, 0.25) is 5.89 Å². The lowest BCUT2D eigenvalue weighted by molar-refractivity contribution is 0.0574. The quantitative estimate of drug-likeness (QED) is 0.608. The molecule has 0 aliphatic heterocycles. The predicted molar refractivity (Wildman–Crippen MR) is 92.3 cm³/mol. The molecule has 0 saturated heterocycles. The predicted octanol–water partition coefficient (Wildman–Crippen LogP) is 4.42. The highest BCUT2D eigenvalue weighted by Crippen LogP contribution is 2.26. The normalized spacial score (nSPS) is 12.7. The van der Waals surface area contributed by atoms with Crippen LogP contribution in [-0.4, -0.2) is 30.6 Å². The SMILES string of the molecule is CCCCCCOC(c1ccccc1)c1ncc(CN(C)C)o1. The third kappa shape index (κ3) is 5.81. The summed E-state index contributed by atoms with van der Waals surface area (Å²) in [5.74, 6) is 1.50. The van der Waals surface area contributed by atoms with Gasteiger partial charge in [0.1, 0.15) is 5.76 Å². The van der Waals surface area contributed by atoms with E-state index in [2.05, 4.69) is 28.9 Å². The third-order valence-electron chi connectivity index (χ3n) is 3.65. The largest absolute Gasteiger partial charge is 0.441 e. The molecule has 4 nitrogen and oxygen atoms in total. The van der Waals surface area contributed by atoms with Crippen LogP contribution in [0.3, 0.4) is 0 Å². The van der Waals surface area contributed by atoms with Crippen molar-refractivity contribution < 1.29 is 9.15 Å². The van der Waals surface area contributed by atoms with Crippen LogP contribution in [0, 0.1) is 0 Å². The number of ether oxygens (including phenoxy) is 1. The monoisotopic (exact) mass is 316 g/mol. The molecule has 1 unspecified atom stereocenters. The van der Waals surface area contributed by atoms with Gasteiger partial charge in [-0.2, -0.15) is 0 Å². The van der Waals surface area contributed by atoms with Gasteiger partial charge in [-0.1, -0.05) is 56.5 Å². The summed E-state index contributed by atoms with van der Waals surface area (Å²) in [6, 6.07) is 10.2. The number of benzene rings is 1. The summed E-state index contributed by atoms with van der Waals surface area (Å²) < 4.78 is 12.0. The van der Waals surface area contributed by atoms with Gasteiger partial charge in [-0.15, -0.1) is 0 Å². The van der Waals surface area contributed by atoms with E-state index in [9.17, 15) is 0 Å². The summed E-state index contributed by atoms with van der Waals surface area (Å²) in [7, 11) is 4.03. The molecule has 0 bridgehead atoms. The van der Waals surface area contributed by atoms with Crippen LogP contribution in [0.25, 0.3) is 0 Å². The van der Waals surface area contributed by atoms with E-state index in [1.807, 2.05) is 32.3 Å². The molecule has 1 heterocycles. The highest BCUT2D eigenvalue weighted by Gasteiger charge is 2.20. The molecule has 2 rings (SSSR count). The fraction of sp³-hybridized carbons (Fsp3) is 0.526. The minimum Gasteiger partial charge on any atom is -0.441 e. The van der Waals surface area contributed by atoms with Crippen LogP contribution < -0.4 is 0 Å². The lowest BCUT2D eigenvalue weighted by Gasteiger charge is -2.15. The maximum absolute atomic E-state index is 6.11. The zero-order valence-electron chi connectivity index (χ0n) is 14.5. The second-order valence-corrected chi connectivity index (χ2v) is 6.12. The first-order valence-electron chi connectivity index (χ1n) is 8.46. The van der Waals surface area contributed by atoms with Crippen molar-refractivity contribution in [2.45, 2.75) is 45.3 Å². The second kappa shape index (κ2) is 9.48. The average Bonchev–Trinajstić information content (AvgIpc) is 2.99. The molecule has 0 N–H and O–H groups in total. The van der Waals surface area contributed by atoms with Crippen LogP contribution in [-0.2, 0) is 11.3 Å². The van der Waals surface area contributed by atoms with E-state index in [0.29, 0.717) is 5.89 Å². The summed E-state index contributed by atoms with van der Waals surface area (Å²) in [5, 5.41) is 0. The second-order valence-electron chi connectivity index (χ2n) is 6.12. The molecule has 2 aromatic rings. The average molecular weight is 316 g/mol. The van der Waals surface area contributed by atoms with Gasteiger partial charge in [-0.25, -0.2) is 4.98 Å². The Labute approximate surface area is 139 Å². The van der Waals surface area contributed by atoms with E-state index in [4.69, 9.17) is 9.15 Å². The molecule has 0 aliphatic carbocycles. The van der Waals surface area contributed by atoms with E-state index in [1.165, 1.54) is 19.3 Å². The van der Waals surface area contributed by atoms with E-state index < -0.39 is 0 Å². The van der Waals surface area contributed by atoms with Gasteiger partial charge in [0, 0.05) is 6.61 Å². The topological polar surface area (TPSA) is 38.5 Å². The van der Waals surface area contributed by atoms with Crippen molar-refractivity contribution in [1.82, 2.24) is 9.88 Å². The number of oxazole rings is 1. The smallest absolute Gasteiger partial charge is 0.228 e. The third-order valence-corrected chi connectivity index (χ3v) is 3.65. The maximum Gasteiger partial charge on any atom is 0.228 e. The Hall–Kier alpha value is -1.65. The lowest BCUT2D eigenvalue weighted by Crippen LogP contribution is -2.10. The van der Waals surface area contributed by atoms with Crippen LogP contribution >= 0.6 is 0 Å². The Morgan fingerprint density at radius 1 is 1.13 bits per heavy atom. The zero-order chi connectivity index (χ0) is 16.5. The van der Waals surface area contributed by atoms with Crippen LogP contribution in [0.4, 0.5) is 0 Å². The summed E-state index contributed by atoms with van der Waals surface area (Å²) in [4.78, 5) is 6.51. The van der Waals surface area contributed by atoms with E-state index in [-0.39, 0.29) is 6.10 Å². The van der Waals surface area contributed by atoms with Crippen molar-refractivity contribution in [2.24, 2.45) is 0 Å². The molecule has 0 amide bonds. The van der Waals surface area contributed by atoms with Crippen molar-refractivity contribution in [3.05, 3.63) is 53.7 Å². The van der Waals surface area contributed by atoms with Gasteiger partial charge in [-0.05, 0) is 26.1 Å². The summed E-state index contributed by atoms with van der Waals surface area (Å²) >= 11 is 0. The van der Waals surface area contributed by atoms with Gasteiger partial charge in [0.25, 0.3) is 0 Å². The van der Waals surface area contributed by atoms with E-state index in [1.54, 1.807) is 6.20 Å². The van der Waals surface area contributed by atoms with Crippen molar-refractivity contribution in [2.75, 3.05) is 20.7 Å². The Morgan fingerprint density at radius 3 is 2.61 bits per heavy atom. The molecular formula is C19H28N2O2. The first-order valence-corrected chi connectivity index (χ1v) is 8.46. The first kappa shape index (κ1) is 17.7. The molecule has 0 fully saturated rings. The molecule has 126 valence electrons.